The second kappa shape index (κ2) is 9.81. The molecular formula is C24H24ClNOS. The normalized spacial score (nSPS) is 11.8. The van der Waals surface area contributed by atoms with E-state index in [2.05, 4.69) is 37.4 Å². The number of amides is 1. The number of halogens is 1. The van der Waals surface area contributed by atoms with Crippen molar-refractivity contribution < 1.29 is 4.79 Å². The van der Waals surface area contributed by atoms with E-state index in [1.807, 2.05) is 54.6 Å². The van der Waals surface area contributed by atoms with Crippen LogP contribution in [0.25, 0.3) is 0 Å². The molecule has 0 aliphatic carbocycles. The lowest BCUT2D eigenvalue weighted by Crippen LogP contribution is -2.20. The molecule has 4 heteroatoms. The third-order valence-electron chi connectivity index (χ3n) is 4.66. The number of hydrogen-bond donors (Lipinski definition) is 1. The van der Waals surface area contributed by atoms with E-state index in [1.165, 1.54) is 11.8 Å². The highest BCUT2D eigenvalue weighted by atomic mass is 35.5. The van der Waals surface area contributed by atoms with Crippen LogP contribution in [0.4, 0.5) is 5.69 Å². The molecule has 0 heterocycles. The van der Waals surface area contributed by atoms with Gasteiger partial charge in [-0.05, 0) is 53.8 Å². The summed E-state index contributed by atoms with van der Waals surface area (Å²) in [4.78, 5) is 14.4. The predicted octanol–water partition coefficient (Wildman–Crippen LogP) is 6.94. The summed E-state index contributed by atoms with van der Waals surface area (Å²) < 4.78 is 0. The lowest BCUT2D eigenvalue weighted by molar-refractivity contribution is -0.115. The number of carbonyl (C=O) groups excluding carboxylic acids is 1. The van der Waals surface area contributed by atoms with Crippen molar-refractivity contribution in [2.24, 2.45) is 0 Å². The minimum absolute atomic E-state index is 0.0123. The number of aryl methyl sites for hydroxylation is 2. The van der Waals surface area contributed by atoms with Crippen LogP contribution >= 0.6 is 23.4 Å². The summed E-state index contributed by atoms with van der Waals surface area (Å²) in [6, 6.07) is 23.7. The number of rotatable bonds is 7. The zero-order valence-electron chi connectivity index (χ0n) is 16.1. The third kappa shape index (κ3) is 4.98. The molecule has 0 unspecified atom stereocenters. The van der Waals surface area contributed by atoms with Crippen LogP contribution in [0.1, 0.15) is 35.8 Å². The Bertz CT molecular complexity index is 903. The van der Waals surface area contributed by atoms with Gasteiger partial charge in [0.05, 0.1) is 0 Å². The van der Waals surface area contributed by atoms with E-state index in [0.717, 1.165) is 40.1 Å². The molecule has 0 aliphatic heterocycles. The lowest BCUT2D eigenvalue weighted by atomic mass is 10.0. The molecule has 144 valence electrons. The summed E-state index contributed by atoms with van der Waals surface area (Å²) in [7, 11) is 0. The average molecular weight is 410 g/mol. The van der Waals surface area contributed by atoms with Crippen LogP contribution in [0, 0.1) is 0 Å². The molecule has 3 aromatic carbocycles. The van der Waals surface area contributed by atoms with Gasteiger partial charge in [0.15, 0.2) is 0 Å². The second-order valence-corrected chi connectivity index (χ2v) is 8.13. The van der Waals surface area contributed by atoms with Crippen LogP contribution in [0.3, 0.4) is 0 Å². The summed E-state index contributed by atoms with van der Waals surface area (Å²) in [5, 5.41) is 3.56. The highest BCUT2D eigenvalue weighted by molar-refractivity contribution is 8.00. The Hall–Kier alpha value is -2.23. The van der Waals surface area contributed by atoms with E-state index in [9.17, 15) is 4.79 Å². The number of benzene rings is 3. The Morgan fingerprint density at radius 3 is 2.07 bits per heavy atom. The summed E-state index contributed by atoms with van der Waals surface area (Å²) in [6.45, 7) is 4.23. The molecule has 3 aromatic rings. The van der Waals surface area contributed by atoms with Gasteiger partial charge in [-0.3, -0.25) is 4.79 Å². The van der Waals surface area contributed by atoms with Crippen LogP contribution in [0.2, 0.25) is 5.02 Å². The Balaban J connectivity index is 1.92. The van der Waals surface area contributed by atoms with Gasteiger partial charge in [-0.1, -0.05) is 74.0 Å². The van der Waals surface area contributed by atoms with Gasteiger partial charge < -0.3 is 5.32 Å². The van der Waals surface area contributed by atoms with E-state index in [-0.39, 0.29) is 11.2 Å². The molecular weight excluding hydrogens is 386 g/mol. The van der Waals surface area contributed by atoms with Crippen molar-refractivity contribution in [2.45, 2.75) is 36.8 Å². The minimum atomic E-state index is -0.350. The fraction of sp³-hybridized carbons (Fsp3) is 0.208. The van der Waals surface area contributed by atoms with Crippen molar-refractivity contribution in [1.82, 2.24) is 0 Å². The first-order valence-electron chi connectivity index (χ1n) is 9.51. The van der Waals surface area contributed by atoms with Gasteiger partial charge in [-0.2, -0.15) is 0 Å². The number of nitrogens with one attached hydrogen (secondary N) is 1. The molecule has 1 amide bonds. The quantitative estimate of drug-likeness (QED) is 0.428. The summed E-state index contributed by atoms with van der Waals surface area (Å²) in [5.74, 6) is -0.0123. The molecule has 0 aromatic heterocycles. The van der Waals surface area contributed by atoms with Crippen LogP contribution in [0.5, 0.6) is 0 Å². The molecule has 0 saturated heterocycles. The smallest absolute Gasteiger partial charge is 0.242 e. The third-order valence-corrected chi connectivity index (χ3v) is 6.17. The fourth-order valence-electron chi connectivity index (χ4n) is 3.14. The Morgan fingerprint density at radius 1 is 0.893 bits per heavy atom. The average Bonchev–Trinajstić information content (AvgIpc) is 2.74. The van der Waals surface area contributed by atoms with Crippen LogP contribution in [-0.4, -0.2) is 5.91 Å². The van der Waals surface area contributed by atoms with E-state index in [4.69, 9.17) is 11.6 Å². The van der Waals surface area contributed by atoms with E-state index >= 15 is 0 Å². The molecule has 1 N–H and O–H groups in total. The van der Waals surface area contributed by atoms with Crippen LogP contribution in [0.15, 0.2) is 77.7 Å². The van der Waals surface area contributed by atoms with Gasteiger partial charge in [0.2, 0.25) is 5.91 Å². The molecule has 0 radical (unpaired) electrons. The Kier molecular flexibility index (Phi) is 7.18. The lowest BCUT2D eigenvalue weighted by Gasteiger charge is -2.20. The van der Waals surface area contributed by atoms with Crippen LogP contribution in [-0.2, 0) is 17.6 Å². The van der Waals surface area contributed by atoms with Gasteiger partial charge in [0.25, 0.3) is 0 Å². The van der Waals surface area contributed by atoms with Gasteiger partial charge in [-0.15, -0.1) is 11.8 Å². The molecule has 0 spiro atoms. The molecule has 1 atom stereocenters. The maximum Gasteiger partial charge on any atom is 0.242 e. The Labute approximate surface area is 176 Å². The maximum absolute atomic E-state index is 13.4. The second-order valence-electron chi connectivity index (χ2n) is 6.51. The van der Waals surface area contributed by atoms with Crippen molar-refractivity contribution in [1.29, 1.82) is 0 Å². The summed E-state index contributed by atoms with van der Waals surface area (Å²) in [6.07, 6.45) is 1.76. The molecule has 0 bridgehead atoms. The summed E-state index contributed by atoms with van der Waals surface area (Å²) >= 11 is 7.55. The van der Waals surface area contributed by atoms with Gasteiger partial charge >= 0.3 is 0 Å². The molecule has 0 saturated carbocycles. The van der Waals surface area contributed by atoms with Crippen LogP contribution < -0.4 is 5.32 Å². The fourth-order valence-corrected chi connectivity index (χ4v) is 4.29. The standard InChI is InChI=1S/C24H24ClNOS/c1-3-17-11-8-12-18(4-2)22(17)26-24(27)23(19-9-6-5-7-10-19)28-21-15-13-20(25)14-16-21/h5-16,23H,3-4H2,1-2H3,(H,26,27)/t23-/m0/s1. The molecule has 2 nitrogen and oxygen atoms in total. The van der Waals surface area contributed by atoms with Crippen molar-refractivity contribution in [3.8, 4) is 0 Å². The molecule has 0 fully saturated rings. The first-order valence-corrected chi connectivity index (χ1v) is 10.8. The van der Waals surface area contributed by atoms with Gasteiger partial charge in [0, 0.05) is 15.6 Å². The van der Waals surface area contributed by atoms with Crippen molar-refractivity contribution >= 4 is 35.0 Å². The zero-order chi connectivity index (χ0) is 19.9. The van der Waals surface area contributed by atoms with Crippen molar-refractivity contribution in [3.05, 3.63) is 94.5 Å². The molecule has 3 rings (SSSR count). The Morgan fingerprint density at radius 2 is 1.50 bits per heavy atom. The number of anilines is 1. The predicted molar refractivity (Wildman–Crippen MR) is 120 cm³/mol. The van der Waals surface area contributed by atoms with E-state index in [1.54, 1.807) is 0 Å². The largest absolute Gasteiger partial charge is 0.324 e. The van der Waals surface area contributed by atoms with Gasteiger partial charge in [-0.25, -0.2) is 0 Å². The summed E-state index contributed by atoms with van der Waals surface area (Å²) in [5.41, 5.74) is 4.26. The van der Waals surface area contributed by atoms with E-state index < -0.39 is 0 Å². The first kappa shape index (κ1) is 20.5. The SMILES string of the molecule is CCc1cccc(CC)c1NC(=O)[C@@H](Sc1ccc(Cl)cc1)c1ccccc1. The van der Waals surface area contributed by atoms with Gasteiger partial charge in [0.1, 0.15) is 5.25 Å². The minimum Gasteiger partial charge on any atom is -0.324 e. The number of hydrogen-bond acceptors (Lipinski definition) is 2. The zero-order valence-corrected chi connectivity index (χ0v) is 17.7. The van der Waals surface area contributed by atoms with E-state index in [0.29, 0.717) is 5.02 Å². The molecule has 0 aliphatic rings. The van der Waals surface area contributed by atoms with Crippen molar-refractivity contribution in [3.63, 3.8) is 0 Å². The number of thioether (sulfide) groups is 1. The number of para-hydroxylation sites is 1. The topological polar surface area (TPSA) is 29.1 Å². The maximum atomic E-state index is 13.4. The first-order chi connectivity index (χ1) is 13.6. The highest BCUT2D eigenvalue weighted by Gasteiger charge is 2.23. The molecule has 28 heavy (non-hydrogen) atoms. The highest BCUT2D eigenvalue weighted by Crippen LogP contribution is 2.37. The monoisotopic (exact) mass is 409 g/mol. The number of carbonyl (C=O) groups is 1. The van der Waals surface area contributed by atoms with Crippen molar-refractivity contribution in [2.75, 3.05) is 5.32 Å².